The number of ether oxygens (including phenoxy) is 3. The van der Waals surface area contributed by atoms with E-state index in [0.717, 1.165) is 0 Å². The van der Waals surface area contributed by atoms with E-state index in [1.807, 2.05) is 19.1 Å². The molecule has 2 rings (SSSR count). The first-order chi connectivity index (χ1) is 12.1. The molecule has 0 radical (unpaired) electrons. The molecule has 1 atom stereocenters. The molecule has 0 saturated carbocycles. The Kier molecular flexibility index (Phi) is 6.39. The summed E-state index contributed by atoms with van der Waals surface area (Å²) in [5.74, 6) is 0.278. The molecule has 0 saturated heterocycles. The van der Waals surface area contributed by atoms with Crippen molar-refractivity contribution < 1.29 is 23.8 Å². The minimum absolute atomic E-state index is 0.310. The number of amides is 1. The lowest BCUT2D eigenvalue weighted by atomic mass is 10.2. The van der Waals surface area contributed by atoms with Crippen LogP contribution in [0, 0.1) is 0 Å². The van der Waals surface area contributed by atoms with Crippen molar-refractivity contribution in [2.45, 2.75) is 19.4 Å². The van der Waals surface area contributed by atoms with E-state index in [-0.39, 0.29) is 5.91 Å². The predicted octanol–water partition coefficient (Wildman–Crippen LogP) is 3.28. The predicted molar refractivity (Wildman–Crippen MR) is 94.1 cm³/mol. The molecule has 1 amide bonds. The zero-order valence-corrected chi connectivity index (χ0v) is 14.4. The molecular formula is C19H21NO5. The lowest BCUT2D eigenvalue weighted by Gasteiger charge is -2.19. The summed E-state index contributed by atoms with van der Waals surface area (Å²) in [5.41, 5.74) is 0.856. The third-order valence-corrected chi connectivity index (χ3v) is 3.55. The number of nitrogens with one attached hydrogen (secondary N) is 1. The van der Waals surface area contributed by atoms with Crippen LogP contribution in [0.2, 0.25) is 0 Å². The monoisotopic (exact) mass is 343 g/mol. The first-order valence-corrected chi connectivity index (χ1v) is 7.88. The van der Waals surface area contributed by atoms with Crippen LogP contribution in [0.15, 0.2) is 48.5 Å². The molecular weight excluding hydrogens is 322 g/mol. The molecule has 0 unspecified atom stereocenters. The molecule has 2 aromatic carbocycles. The Morgan fingerprint density at radius 1 is 1.04 bits per heavy atom. The minimum Gasteiger partial charge on any atom is -0.493 e. The number of esters is 1. The highest BCUT2D eigenvalue weighted by Crippen LogP contribution is 2.27. The molecule has 0 aliphatic carbocycles. The standard InChI is InChI=1S/C19H21NO5/c1-4-15(25-17-11-6-5-10-16(17)23-2)18(21)20-14-9-7-8-13(12-14)19(22)24-3/h5-12,15H,4H2,1-3H3,(H,20,21)/t15-/m1/s1. The van der Waals surface area contributed by atoms with Crippen molar-refractivity contribution in [3.8, 4) is 11.5 Å². The third-order valence-electron chi connectivity index (χ3n) is 3.55. The Labute approximate surface area is 146 Å². The number of para-hydroxylation sites is 2. The summed E-state index contributed by atoms with van der Waals surface area (Å²) in [7, 11) is 2.85. The summed E-state index contributed by atoms with van der Waals surface area (Å²) in [5, 5.41) is 2.76. The van der Waals surface area contributed by atoms with E-state index >= 15 is 0 Å². The second-order valence-corrected chi connectivity index (χ2v) is 5.23. The summed E-state index contributed by atoms with van der Waals surface area (Å²) in [4.78, 5) is 24.1. The van der Waals surface area contributed by atoms with Crippen LogP contribution >= 0.6 is 0 Å². The van der Waals surface area contributed by atoms with Gasteiger partial charge in [0.25, 0.3) is 5.91 Å². The third kappa shape index (κ3) is 4.73. The largest absolute Gasteiger partial charge is 0.493 e. The zero-order chi connectivity index (χ0) is 18.2. The minimum atomic E-state index is -0.696. The maximum atomic E-state index is 12.5. The Balaban J connectivity index is 2.11. The SMILES string of the molecule is CC[C@@H](Oc1ccccc1OC)C(=O)Nc1cccc(C(=O)OC)c1. The number of hydrogen-bond acceptors (Lipinski definition) is 5. The fourth-order valence-corrected chi connectivity index (χ4v) is 2.26. The lowest BCUT2D eigenvalue weighted by molar-refractivity contribution is -0.122. The summed E-state index contributed by atoms with van der Waals surface area (Å²) in [6, 6.07) is 13.7. The average molecular weight is 343 g/mol. The number of hydrogen-bond donors (Lipinski definition) is 1. The van der Waals surface area contributed by atoms with E-state index in [2.05, 4.69) is 10.1 Å². The van der Waals surface area contributed by atoms with Crippen LogP contribution in [0.5, 0.6) is 11.5 Å². The second kappa shape index (κ2) is 8.73. The van der Waals surface area contributed by atoms with Crippen LogP contribution in [-0.4, -0.2) is 32.2 Å². The van der Waals surface area contributed by atoms with Crippen molar-refractivity contribution in [3.63, 3.8) is 0 Å². The fraction of sp³-hybridized carbons (Fsp3) is 0.263. The van der Waals surface area contributed by atoms with Gasteiger partial charge in [-0.25, -0.2) is 4.79 Å². The number of methoxy groups -OCH3 is 2. The number of carbonyl (C=O) groups excluding carboxylic acids is 2. The van der Waals surface area contributed by atoms with Gasteiger partial charge < -0.3 is 19.5 Å². The Bertz CT molecular complexity index is 744. The summed E-state index contributed by atoms with van der Waals surface area (Å²) >= 11 is 0. The molecule has 25 heavy (non-hydrogen) atoms. The van der Waals surface area contributed by atoms with Crippen molar-refractivity contribution >= 4 is 17.6 Å². The maximum Gasteiger partial charge on any atom is 0.337 e. The van der Waals surface area contributed by atoms with Crippen LogP contribution in [0.4, 0.5) is 5.69 Å². The fourth-order valence-electron chi connectivity index (χ4n) is 2.26. The van der Waals surface area contributed by atoms with Crippen molar-refractivity contribution in [2.24, 2.45) is 0 Å². The van der Waals surface area contributed by atoms with Gasteiger partial charge in [0.2, 0.25) is 0 Å². The maximum absolute atomic E-state index is 12.5. The summed E-state index contributed by atoms with van der Waals surface area (Å²) < 4.78 is 15.7. The molecule has 6 heteroatoms. The van der Waals surface area contributed by atoms with Crippen LogP contribution in [-0.2, 0) is 9.53 Å². The van der Waals surface area contributed by atoms with E-state index in [4.69, 9.17) is 9.47 Å². The van der Waals surface area contributed by atoms with Gasteiger partial charge in [-0.2, -0.15) is 0 Å². The topological polar surface area (TPSA) is 73.9 Å². The van der Waals surface area contributed by atoms with E-state index in [1.54, 1.807) is 43.5 Å². The van der Waals surface area contributed by atoms with Gasteiger partial charge in [0, 0.05) is 5.69 Å². The molecule has 0 bridgehead atoms. The number of anilines is 1. The normalized spacial score (nSPS) is 11.3. The summed E-state index contributed by atoms with van der Waals surface area (Å²) in [6.07, 6.45) is -0.223. The van der Waals surface area contributed by atoms with Gasteiger partial charge in [-0.15, -0.1) is 0 Å². The van der Waals surface area contributed by atoms with Crippen molar-refractivity contribution in [2.75, 3.05) is 19.5 Å². The van der Waals surface area contributed by atoms with Crippen molar-refractivity contribution in [3.05, 3.63) is 54.1 Å². The van der Waals surface area contributed by atoms with Gasteiger partial charge in [0.15, 0.2) is 17.6 Å². The molecule has 0 spiro atoms. The first kappa shape index (κ1) is 18.3. The zero-order valence-electron chi connectivity index (χ0n) is 14.4. The quantitative estimate of drug-likeness (QED) is 0.781. The number of benzene rings is 2. The first-order valence-electron chi connectivity index (χ1n) is 7.88. The van der Waals surface area contributed by atoms with Gasteiger partial charge in [-0.05, 0) is 36.8 Å². The van der Waals surface area contributed by atoms with Crippen LogP contribution in [0.25, 0.3) is 0 Å². The van der Waals surface area contributed by atoms with Gasteiger partial charge in [0.1, 0.15) is 0 Å². The Morgan fingerprint density at radius 3 is 2.40 bits per heavy atom. The lowest BCUT2D eigenvalue weighted by Crippen LogP contribution is -2.32. The van der Waals surface area contributed by atoms with Crippen molar-refractivity contribution in [1.29, 1.82) is 0 Å². The van der Waals surface area contributed by atoms with E-state index in [0.29, 0.717) is 29.2 Å². The second-order valence-electron chi connectivity index (χ2n) is 5.23. The highest BCUT2D eigenvalue weighted by molar-refractivity contribution is 5.96. The van der Waals surface area contributed by atoms with Crippen LogP contribution in [0.3, 0.4) is 0 Å². The average Bonchev–Trinajstić information content (AvgIpc) is 2.65. The van der Waals surface area contributed by atoms with Gasteiger partial charge in [0.05, 0.1) is 19.8 Å². The molecule has 2 aromatic rings. The van der Waals surface area contributed by atoms with Gasteiger partial charge in [-0.1, -0.05) is 25.1 Å². The Hall–Kier alpha value is -3.02. The van der Waals surface area contributed by atoms with E-state index < -0.39 is 12.1 Å². The molecule has 0 aliphatic rings. The molecule has 1 N–H and O–H groups in total. The van der Waals surface area contributed by atoms with E-state index in [1.165, 1.54) is 7.11 Å². The smallest absolute Gasteiger partial charge is 0.337 e. The number of rotatable bonds is 7. The molecule has 0 heterocycles. The highest BCUT2D eigenvalue weighted by Gasteiger charge is 2.20. The van der Waals surface area contributed by atoms with Gasteiger partial charge >= 0.3 is 5.97 Å². The molecule has 6 nitrogen and oxygen atoms in total. The van der Waals surface area contributed by atoms with Crippen LogP contribution < -0.4 is 14.8 Å². The van der Waals surface area contributed by atoms with Gasteiger partial charge in [-0.3, -0.25) is 4.79 Å². The molecule has 0 fully saturated rings. The Morgan fingerprint density at radius 2 is 1.76 bits per heavy atom. The van der Waals surface area contributed by atoms with E-state index in [9.17, 15) is 9.59 Å². The molecule has 132 valence electrons. The summed E-state index contributed by atoms with van der Waals surface area (Å²) in [6.45, 7) is 1.85. The highest BCUT2D eigenvalue weighted by atomic mass is 16.5. The molecule has 0 aliphatic heterocycles. The van der Waals surface area contributed by atoms with Crippen LogP contribution in [0.1, 0.15) is 23.7 Å². The molecule has 0 aromatic heterocycles. The number of carbonyl (C=O) groups is 2. The van der Waals surface area contributed by atoms with Crippen molar-refractivity contribution in [1.82, 2.24) is 0 Å².